The maximum absolute atomic E-state index is 13.4. The summed E-state index contributed by atoms with van der Waals surface area (Å²) in [6.07, 6.45) is 20.9. The smallest absolute Gasteiger partial charge is 0.431 e. The first-order valence-electron chi connectivity index (χ1n) is 19.6. The molecule has 8 rings (SSSR count). The Balaban J connectivity index is 0.975. The standard InChI is InChI=1S/C41H66O5/c1-26(2)10-9-11-27(3)32-14-15-33-31-13-12-28-24-29(16-21-39(28,7)34(31)18-22-40(32,33)8)43-36(42)44-35-19-20-38(6)25-30-17-23-41(38,46-45-30)37(35,4)5/h12,26-27,29-35H,9-11,13-25H2,1-8H3/t27-,29?,30?,31+,32-,33+,34+,35?,38?,39+,40-,41?/m1/s1. The van der Waals surface area contributed by atoms with Crippen LogP contribution in [0.2, 0.25) is 0 Å². The second-order valence-electron chi connectivity index (χ2n) is 19.3. The Hall–Kier alpha value is -1.07. The van der Waals surface area contributed by atoms with Gasteiger partial charge in [0.2, 0.25) is 0 Å². The lowest BCUT2D eigenvalue weighted by molar-refractivity contribution is -0.496. The van der Waals surface area contributed by atoms with Gasteiger partial charge in [-0.25, -0.2) is 14.6 Å². The van der Waals surface area contributed by atoms with Gasteiger partial charge in [-0.2, -0.15) is 0 Å². The van der Waals surface area contributed by atoms with Crippen LogP contribution in [0.5, 0.6) is 0 Å². The van der Waals surface area contributed by atoms with Crippen molar-refractivity contribution >= 4 is 6.16 Å². The average Bonchev–Trinajstić information content (AvgIpc) is 3.36. The first-order chi connectivity index (χ1) is 21.7. The van der Waals surface area contributed by atoms with Gasteiger partial charge in [0.15, 0.2) is 0 Å². The largest absolute Gasteiger partial charge is 0.508 e. The molecule has 12 atom stereocenters. The molecule has 0 radical (unpaired) electrons. The average molecular weight is 639 g/mol. The van der Waals surface area contributed by atoms with Crippen LogP contribution >= 0.6 is 0 Å². The fourth-order valence-electron chi connectivity index (χ4n) is 13.6. The summed E-state index contributed by atoms with van der Waals surface area (Å²) in [5.74, 6) is 5.04. The third-order valence-electron chi connectivity index (χ3n) is 16.4. The van der Waals surface area contributed by atoms with Crippen molar-refractivity contribution in [3.8, 4) is 0 Å². The normalized spacial score (nSPS) is 48.0. The van der Waals surface area contributed by atoms with Gasteiger partial charge in [-0.15, -0.1) is 0 Å². The number of carbonyl (C=O) groups is 1. The first kappa shape index (κ1) is 33.4. The molecule has 1 spiro atoms. The summed E-state index contributed by atoms with van der Waals surface area (Å²) in [4.78, 5) is 25.4. The van der Waals surface area contributed by atoms with Gasteiger partial charge in [-0.3, -0.25) is 0 Å². The Bertz CT molecular complexity index is 1180. The second-order valence-corrected chi connectivity index (χ2v) is 19.3. The van der Waals surface area contributed by atoms with E-state index in [9.17, 15) is 4.79 Å². The van der Waals surface area contributed by atoms with E-state index in [1.807, 2.05) is 0 Å². The minimum Gasteiger partial charge on any atom is -0.431 e. The molecule has 0 aromatic rings. The maximum Gasteiger partial charge on any atom is 0.508 e. The van der Waals surface area contributed by atoms with Crippen molar-refractivity contribution in [2.45, 2.75) is 182 Å². The van der Waals surface area contributed by atoms with Crippen molar-refractivity contribution in [1.29, 1.82) is 0 Å². The molecule has 5 saturated carbocycles. The molecular formula is C41H66O5. The van der Waals surface area contributed by atoms with Crippen LogP contribution < -0.4 is 0 Å². The van der Waals surface area contributed by atoms with E-state index in [-0.39, 0.29) is 34.6 Å². The van der Waals surface area contributed by atoms with E-state index in [2.05, 4.69) is 61.5 Å². The molecule has 46 heavy (non-hydrogen) atoms. The number of hydrogen-bond donors (Lipinski definition) is 0. The number of carbonyl (C=O) groups excluding carboxylic acids is 1. The van der Waals surface area contributed by atoms with Crippen LogP contribution in [-0.4, -0.2) is 30.1 Å². The molecule has 8 aliphatic rings. The lowest BCUT2D eigenvalue weighted by atomic mass is 9.47. The minimum atomic E-state index is -0.487. The molecule has 0 aromatic heterocycles. The van der Waals surface area contributed by atoms with Gasteiger partial charge in [0, 0.05) is 17.3 Å². The maximum atomic E-state index is 13.4. The highest BCUT2D eigenvalue weighted by molar-refractivity contribution is 5.60. The molecule has 2 bridgehead atoms. The van der Waals surface area contributed by atoms with Crippen LogP contribution in [0.1, 0.15) is 158 Å². The first-order valence-corrected chi connectivity index (χ1v) is 19.6. The van der Waals surface area contributed by atoms with E-state index in [0.29, 0.717) is 5.41 Å². The van der Waals surface area contributed by atoms with Crippen LogP contribution in [0, 0.1) is 57.2 Å². The molecule has 5 heteroatoms. The van der Waals surface area contributed by atoms with Gasteiger partial charge in [0.25, 0.3) is 0 Å². The molecule has 7 fully saturated rings. The Labute approximate surface area is 280 Å². The highest BCUT2D eigenvalue weighted by atomic mass is 17.2. The molecule has 0 N–H and O–H groups in total. The molecule has 6 aliphatic carbocycles. The summed E-state index contributed by atoms with van der Waals surface area (Å²) < 4.78 is 12.4. The van der Waals surface area contributed by atoms with E-state index in [0.717, 1.165) is 86.9 Å². The fourth-order valence-corrected chi connectivity index (χ4v) is 13.6. The SMILES string of the molecule is CC(C)CCC[C@@H](C)[C@H]1CC[C@H]2[C@@H]3CC=C4CC(OC(=O)OC5CCC6(C)CC7CCC6(OO7)C5(C)C)CC[C@]4(C)[C@H]3CC[C@]12C. The van der Waals surface area contributed by atoms with Gasteiger partial charge < -0.3 is 9.47 Å². The Kier molecular flexibility index (Phi) is 8.55. The summed E-state index contributed by atoms with van der Waals surface area (Å²) in [7, 11) is 0. The van der Waals surface area contributed by atoms with Gasteiger partial charge in [0.1, 0.15) is 17.8 Å². The summed E-state index contributed by atoms with van der Waals surface area (Å²) in [5.41, 5.74) is 1.62. The van der Waals surface area contributed by atoms with Crippen LogP contribution in [0.25, 0.3) is 0 Å². The van der Waals surface area contributed by atoms with E-state index >= 15 is 0 Å². The molecule has 2 aliphatic heterocycles. The predicted octanol–water partition coefficient (Wildman–Crippen LogP) is 11.0. The van der Waals surface area contributed by atoms with E-state index in [4.69, 9.17) is 19.2 Å². The predicted molar refractivity (Wildman–Crippen MR) is 182 cm³/mol. The number of rotatable bonds is 7. The van der Waals surface area contributed by atoms with E-state index < -0.39 is 11.8 Å². The minimum absolute atomic E-state index is 0.0578. The van der Waals surface area contributed by atoms with Crippen molar-refractivity contribution in [3.63, 3.8) is 0 Å². The monoisotopic (exact) mass is 638 g/mol. The lowest BCUT2D eigenvalue weighted by Gasteiger charge is -2.66. The van der Waals surface area contributed by atoms with Crippen molar-refractivity contribution in [2.75, 3.05) is 0 Å². The third kappa shape index (κ3) is 5.08. The Morgan fingerprint density at radius 1 is 0.891 bits per heavy atom. The van der Waals surface area contributed by atoms with Crippen molar-refractivity contribution < 1.29 is 24.0 Å². The zero-order chi connectivity index (χ0) is 32.7. The highest BCUT2D eigenvalue weighted by Crippen LogP contribution is 2.68. The second kappa shape index (κ2) is 11.8. The molecule has 0 aromatic carbocycles. The number of hydrogen-bond acceptors (Lipinski definition) is 5. The zero-order valence-electron chi connectivity index (χ0n) is 30.6. The fraction of sp³-hybridized carbons (Fsp3) is 0.927. The summed E-state index contributed by atoms with van der Waals surface area (Å²) in [6.45, 7) is 19.3. The quantitative estimate of drug-likeness (QED) is 0.158. The zero-order valence-corrected chi connectivity index (χ0v) is 30.6. The molecule has 2 saturated heterocycles. The Morgan fingerprint density at radius 3 is 2.43 bits per heavy atom. The van der Waals surface area contributed by atoms with Gasteiger partial charge in [-0.05, 0) is 123 Å². The molecule has 5 nitrogen and oxygen atoms in total. The van der Waals surface area contributed by atoms with Crippen LogP contribution in [0.3, 0.4) is 0 Å². The Morgan fingerprint density at radius 2 is 1.70 bits per heavy atom. The van der Waals surface area contributed by atoms with Gasteiger partial charge in [0.05, 0.1) is 6.10 Å². The van der Waals surface area contributed by atoms with E-state index in [1.54, 1.807) is 5.57 Å². The molecular weight excluding hydrogens is 572 g/mol. The van der Waals surface area contributed by atoms with Gasteiger partial charge in [-0.1, -0.05) is 86.3 Å². The van der Waals surface area contributed by atoms with E-state index in [1.165, 1.54) is 51.4 Å². The van der Waals surface area contributed by atoms with Gasteiger partial charge >= 0.3 is 6.16 Å². The molecule has 260 valence electrons. The number of allylic oxidation sites excluding steroid dienone is 1. The molecule has 2 heterocycles. The van der Waals surface area contributed by atoms with Crippen LogP contribution in [0.15, 0.2) is 11.6 Å². The summed E-state index contributed by atoms with van der Waals surface area (Å²) >= 11 is 0. The molecule has 0 amide bonds. The lowest BCUT2D eigenvalue weighted by Crippen LogP contribution is -2.71. The van der Waals surface area contributed by atoms with Crippen LogP contribution in [-0.2, 0) is 19.2 Å². The third-order valence-corrected chi connectivity index (χ3v) is 16.4. The van der Waals surface area contributed by atoms with Crippen molar-refractivity contribution in [3.05, 3.63) is 11.6 Å². The number of fused-ring (bicyclic) bond motifs is 7. The van der Waals surface area contributed by atoms with Crippen molar-refractivity contribution in [1.82, 2.24) is 0 Å². The topological polar surface area (TPSA) is 54.0 Å². The van der Waals surface area contributed by atoms with Crippen LogP contribution in [0.4, 0.5) is 4.79 Å². The summed E-state index contributed by atoms with van der Waals surface area (Å²) in [5, 5.41) is 0. The van der Waals surface area contributed by atoms with Crippen molar-refractivity contribution in [2.24, 2.45) is 57.2 Å². The highest BCUT2D eigenvalue weighted by Gasteiger charge is 2.70. The molecule has 5 unspecified atom stereocenters. The number of ether oxygens (including phenoxy) is 2. The summed E-state index contributed by atoms with van der Waals surface area (Å²) in [6, 6.07) is 0.